The molecule has 0 saturated carbocycles. The van der Waals surface area contributed by atoms with Gasteiger partial charge in [-0.05, 0) is 13.0 Å². The van der Waals surface area contributed by atoms with E-state index in [1.54, 1.807) is 24.9 Å². The van der Waals surface area contributed by atoms with Gasteiger partial charge in [0.25, 0.3) is 10.0 Å². The number of hydrogen-bond acceptors (Lipinski definition) is 6. The minimum Gasteiger partial charge on any atom is -0.391 e. The van der Waals surface area contributed by atoms with Crippen molar-refractivity contribution >= 4 is 27.0 Å². The van der Waals surface area contributed by atoms with E-state index in [0.717, 1.165) is 0 Å². The Bertz CT molecular complexity index is 706. The van der Waals surface area contributed by atoms with Crippen molar-refractivity contribution < 1.29 is 18.3 Å². The maximum Gasteiger partial charge on any atom is 0.263 e. The van der Waals surface area contributed by atoms with Crippen molar-refractivity contribution in [1.29, 1.82) is 0 Å². The molecular weight excluding hydrogens is 314 g/mol. The Kier molecular flexibility index (Phi) is 4.99. The van der Waals surface area contributed by atoms with E-state index in [9.17, 15) is 8.42 Å². The highest BCUT2D eigenvalue weighted by molar-refractivity contribution is 7.93. The number of methoxy groups -OCH3 is 1. The smallest absolute Gasteiger partial charge is 0.263 e. The zero-order valence-electron chi connectivity index (χ0n) is 11.7. The Morgan fingerprint density at radius 1 is 1.52 bits per heavy atom. The summed E-state index contributed by atoms with van der Waals surface area (Å²) in [5.74, 6) is 0. The molecule has 0 amide bonds. The molecule has 116 valence electrons. The molecule has 0 aliphatic carbocycles. The second-order valence-electron chi connectivity index (χ2n) is 4.38. The summed E-state index contributed by atoms with van der Waals surface area (Å²) in [6.07, 6.45) is 3.05. The second-order valence-corrected chi connectivity index (χ2v) is 7.37. The SMILES string of the molecule is COCCn1cc(NS(=O)(=O)c2cc(CO)sc2C)cn1. The maximum absolute atomic E-state index is 12.3. The van der Waals surface area contributed by atoms with Crippen LogP contribution >= 0.6 is 11.3 Å². The molecule has 2 N–H and O–H groups in total. The van der Waals surface area contributed by atoms with E-state index in [2.05, 4.69) is 9.82 Å². The predicted octanol–water partition coefficient (Wildman–Crippen LogP) is 1.19. The van der Waals surface area contributed by atoms with E-state index in [1.807, 2.05) is 0 Å². The van der Waals surface area contributed by atoms with Gasteiger partial charge in [-0.15, -0.1) is 11.3 Å². The van der Waals surface area contributed by atoms with Gasteiger partial charge in [0.1, 0.15) is 4.90 Å². The number of aliphatic hydroxyl groups is 1. The molecule has 2 aromatic rings. The molecule has 2 aromatic heterocycles. The molecule has 21 heavy (non-hydrogen) atoms. The maximum atomic E-state index is 12.3. The lowest BCUT2D eigenvalue weighted by atomic mass is 10.4. The average Bonchev–Trinajstić information content (AvgIpc) is 3.02. The number of sulfonamides is 1. The number of aryl methyl sites for hydroxylation is 1. The third kappa shape index (κ3) is 3.82. The Hall–Kier alpha value is -1.42. The van der Waals surface area contributed by atoms with Crippen molar-refractivity contribution in [2.45, 2.75) is 25.0 Å². The molecule has 0 aliphatic heterocycles. The molecule has 0 aliphatic rings. The number of nitrogens with zero attached hydrogens (tertiary/aromatic N) is 2. The van der Waals surface area contributed by atoms with Crippen LogP contribution in [0.25, 0.3) is 0 Å². The molecule has 0 bridgehead atoms. The Labute approximate surface area is 127 Å². The van der Waals surface area contributed by atoms with Crippen molar-refractivity contribution in [2.24, 2.45) is 0 Å². The monoisotopic (exact) mass is 331 g/mol. The molecule has 2 heterocycles. The lowest BCUT2D eigenvalue weighted by Crippen LogP contribution is -2.12. The summed E-state index contributed by atoms with van der Waals surface area (Å²) in [6, 6.07) is 1.48. The Morgan fingerprint density at radius 3 is 2.90 bits per heavy atom. The zero-order valence-corrected chi connectivity index (χ0v) is 13.4. The fraction of sp³-hybridized carbons (Fsp3) is 0.417. The van der Waals surface area contributed by atoms with Crippen molar-refractivity contribution in [3.8, 4) is 0 Å². The van der Waals surface area contributed by atoms with Gasteiger partial charge in [0.15, 0.2) is 0 Å². The summed E-state index contributed by atoms with van der Waals surface area (Å²) in [5.41, 5.74) is 0.391. The Balaban J connectivity index is 2.16. The van der Waals surface area contributed by atoms with Gasteiger partial charge in [-0.3, -0.25) is 9.40 Å². The number of thiophene rings is 1. The minimum absolute atomic E-state index is 0.171. The van der Waals surface area contributed by atoms with E-state index in [4.69, 9.17) is 9.84 Å². The number of nitrogens with one attached hydrogen (secondary N) is 1. The fourth-order valence-corrected chi connectivity index (χ4v) is 4.33. The van der Waals surface area contributed by atoms with Crippen LogP contribution in [0.1, 0.15) is 9.75 Å². The van der Waals surface area contributed by atoms with Crippen LogP contribution in [0, 0.1) is 6.92 Å². The van der Waals surface area contributed by atoms with E-state index >= 15 is 0 Å². The van der Waals surface area contributed by atoms with Crippen LogP contribution in [0.3, 0.4) is 0 Å². The zero-order chi connectivity index (χ0) is 15.5. The molecule has 2 rings (SSSR count). The summed E-state index contributed by atoms with van der Waals surface area (Å²) < 4.78 is 33.7. The van der Waals surface area contributed by atoms with E-state index in [-0.39, 0.29) is 11.5 Å². The predicted molar refractivity (Wildman–Crippen MR) is 79.9 cm³/mol. The number of anilines is 1. The normalized spacial score (nSPS) is 11.8. The highest BCUT2D eigenvalue weighted by atomic mass is 32.2. The van der Waals surface area contributed by atoms with E-state index in [0.29, 0.717) is 28.6 Å². The summed E-state index contributed by atoms with van der Waals surface area (Å²) >= 11 is 1.26. The molecule has 0 unspecified atom stereocenters. The van der Waals surface area contributed by atoms with Crippen molar-refractivity contribution in [3.63, 3.8) is 0 Å². The van der Waals surface area contributed by atoms with Gasteiger partial charge < -0.3 is 9.84 Å². The average molecular weight is 331 g/mol. The fourth-order valence-electron chi connectivity index (χ4n) is 1.80. The minimum atomic E-state index is -3.68. The van der Waals surface area contributed by atoms with Crippen LogP contribution in [0.2, 0.25) is 0 Å². The van der Waals surface area contributed by atoms with E-state index in [1.165, 1.54) is 23.6 Å². The van der Waals surface area contributed by atoms with Gasteiger partial charge in [0.2, 0.25) is 0 Å². The van der Waals surface area contributed by atoms with Crippen molar-refractivity contribution in [3.05, 3.63) is 28.2 Å². The number of aromatic nitrogens is 2. The molecule has 0 fully saturated rings. The standard InChI is InChI=1S/C12H17N3O4S2/c1-9-12(5-11(8-16)20-9)21(17,18)14-10-6-13-15(7-10)3-4-19-2/h5-7,14,16H,3-4,8H2,1-2H3. The quantitative estimate of drug-likeness (QED) is 0.795. The number of ether oxygens (including phenoxy) is 1. The molecule has 0 atom stereocenters. The number of rotatable bonds is 7. The van der Waals surface area contributed by atoms with Crippen LogP contribution in [0.15, 0.2) is 23.4 Å². The lowest BCUT2D eigenvalue weighted by molar-refractivity contribution is 0.183. The van der Waals surface area contributed by atoms with Crippen LogP contribution in [-0.4, -0.2) is 37.0 Å². The van der Waals surface area contributed by atoms with Crippen molar-refractivity contribution in [2.75, 3.05) is 18.4 Å². The number of hydrogen-bond donors (Lipinski definition) is 2. The first-order chi connectivity index (χ1) is 9.96. The first kappa shape index (κ1) is 16.0. The summed E-state index contributed by atoms with van der Waals surface area (Å²) in [7, 11) is -2.09. The van der Waals surface area contributed by atoms with Gasteiger partial charge in [0.05, 0.1) is 31.6 Å². The second kappa shape index (κ2) is 6.56. The third-order valence-electron chi connectivity index (χ3n) is 2.78. The van der Waals surface area contributed by atoms with E-state index < -0.39 is 10.0 Å². The van der Waals surface area contributed by atoms with Gasteiger partial charge in [-0.2, -0.15) is 5.10 Å². The summed E-state index contributed by atoms with van der Waals surface area (Å²) in [6.45, 7) is 2.58. The molecule has 0 spiro atoms. The highest BCUT2D eigenvalue weighted by Gasteiger charge is 2.20. The summed E-state index contributed by atoms with van der Waals surface area (Å²) in [5, 5.41) is 13.1. The van der Waals surface area contributed by atoms with Crippen LogP contribution in [0.5, 0.6) is 0 Å². The number of aliphatic hydroxyl groups excluding tert-OH is 1. The Morgan fingerprint density at radius 2 is 2.29 bits per heavy atom. The van der Waals surface area contributed by atoms with Gasteiger partial charge in [0, 0.05) is 23.1 Å². The first-order valence-corrected chi connectivity index (χ1v) is 8.50. The molecule has 0 radical (unpaired) electrons. The van der Waals surface area contributed by atoms with Gasteiger partial charge >= 0.3 is 0 Å². The molecule has 0 aromatic carbocycles. The molecule has 0 saturated heterocycles. The third-order valence-corrected chi connectivity index (χ3v) is 5.45. The molecule has 9 heteroatoms. The van der Waals surface area contributed by atoms with Gasteiger partial charge in [-0.25, -0.2) is 8.42 Å². The summed E-state index contributed by atoms with van der Waals surface area (Å²) in [4.78, 5) is 1.43. The van der Waals surface area contributed by atoms with Gasteiger partial charge in [-0.1, -0.05) is 0 Å². The topological polar surface area (TPSA) is 93.5 Å². The largest absolute Gasteiger partial charge is 0.391 e. The first-order valence-electron chi connectivity index (χ1n) is 6.20. The van der Waals surface area contributed by atoms with Crippen LogP contribution in [0.4, 0.5) is 5.69 Å². The van der Waals surface area contributed by atoms with Crippen molar-refractivity contribution in [1.82, 2.24) is 9.78 Å². The molecular formula is C12H17N3O4S2. The van der Waals surface area contributed by atoms with Crippen LogP contribution < -0.4 is 4.72 Å². The molecule has 7 nitrogen and oxygen atoms in total. The van der Waals surface area contributed by atoms with Crippen LogP contribution in [-0.2, 0) is 27.9 Å². The lowest BCUT2D eigenvalue weighted by Gasteiger charge is -2.04. The highest BCUT2D eigenvalue weighted by Crippen LogP contribution is 2.27.